The number of amides is 1. The number of fused-ring (bicyclic) bond motifs is 1. The predicted molar refractivity (Wildman–Crippen MR) is 169 cm³/mol. The molecule has 9 heteroatoms. The van der Waals surface area contributed by atoms with E-state index in [0.717, 1.165) is 35.7 Å². The molecule has 2 saturated heterocycles. The largest absolute Gasteiger partial charge is 0.494 e. The molecule has 1 amide bonds. The van der Waals surface area contributed by atoms with Gasteiger partial charge < -0.3 is 14.2 Å². The summed E-state index contributed by atoms with van der Waals surface area (Å²) in [6.07, 6.45) is 3.33. The molecule has 4 aromatic rings. The summed E-state index contributed by atoms with van der Waals surface area (Å²) in [5.41, 5.74) is 2.93. The highest BCUT2D eigenvalue weighted by Gasteiger charge is 2.52. The van der Waals surface area contributed by atoms with Crippen LogP contribution in [0.5, 0.6) is 0 Å². The van der Waals surface area contributed by atoms with E-state index < -0.39 is 5.82 Å². The Morgan fingerprint density at radius 2 is 1.68 bits per heavy atom. The minimum absolute atomic E-state index is 0.0809. The van der Waals surface area contributed by atoms with E-state index in [4.69, 9.17) is 9.31 Å². The van der Waals surface area contributed by atoms with Crippen LogP contribution in [0, 0.1) is 11.2 Å². The molecular formula is C35H37BFN3O4. The molecule has 44 heavy (non-hydrogen) atoms. The maximum atomic E-state index is 15.0. The highest BCUT2D eigenvalue weighted by atomic mass is 19.1. The Kier molecular flexibility index (Phi) is 6.83. The number of carbonyl (C=O) groups excluding carboxylic acids is 1. The Morgan fingerprint density at radius 3 is 2.39 bits per heavy atom. The molecule has 3 aromatic carbocycles. The van der Waals surface area contributed by atoms with Crippen LogP contribution in [0.3, 0.4) is 0 Å². The fraction of sp³-hybridized carbons (Fsp3) is 0.400. The van der Waals surface area contributed by atoms with Crippen LogP contribution in [0.1, 0.15) is 80.1 Å². The van der Waals surface area contributed by atoms with Crippen LogP contribution in [0.2, 0.25) is 0 Å². The van der Waals surface area contributed by atoms with Crippen molar-refractivity contribution >= 4 is 29.3 Å². The number of rotatable bonds is 5. The second kappa shape index (κ2) is 10.4. The van der Waals surface area contributed by atoms with Gasteiger partial charge >= 0.3 is 7.12 Å². The van der Waals surface area contributed by atoms with E-state index in [9.17, 15) is 14.0 Å². The van der Waals surface area contributed by atoms with Crippen molar-refractivity contribution in [3.05, 3.63) is 105 Å². The first kappa shape index (κ1) is 28.9. The highest BCUT2D eigenvalue weighted by Crippen LogP contribution is 2.56. The molecular weight excluding hydrogens is 556 g/mol. The maximum absolute atomic E-state index is 15.0. The molecule has 2 aliphatic heterocycles. The molecule has 3 fully saturated rings. The molecule has 0 radical (unpaired) electrons. The summed E-state index contributed by atoms with van der Waals surface area (Å²) in [6.45, 7) is 9.51. The van der Waals surface area contributed by atoms with Gasteiger partial charge in [-0.2, -0.15) is 5.10 Å². The number of nitrogens with zero attached hydrogens (tertiary/aromatic N) is 2. The van der Waals surface area contributed by atoms with Gasteiger partial charge in [0.25, 0.3) is 11.5 Å². The van der Waals surface area contributed by atoms with Crippen molar-refractivity contribution in [3.8, 4) is 0 Å². The molecule has 7 rings (SSSR count). The smallest absolute Gasteiger partial charge is 0.399 e. The van der Waals surface area contributed by atoms with Crippen LogP contribution in [0.25, 0.3) is 10.8 Å². The van der Waals surface area contributed by atoms with E-state index >= 15 is 0 Å². The molecule has 0 bridgehead atoms. The van der Waals surface area contributed by atoms with Crippen LogP contribution >= 0.6 is 0 Å². The summed E-state index contributed by atoms with van der Waals surface area (Å²) in [6, 6.07) is 20.5. The predicted octanol–water partition coefficient (Wildman–Crippen LogP) is 5.36. The second-order valence-corrected chi connectivity index (χ2v) is 13.9. The maximum Gasteiger partial charge on any atom is 0.494 e. The Morgan fingerprint density at radius 1 is 1.00 bits per heavy atom. The van der Waals surface area contributed by atoms with Gasteiger partial charge in [-0.25, -0.2) is 9.49 Å². The molecule has 1 aliphatic carbocycles. The lowest BCUT2D eigenvalue weighted by Gasteiger charge is -2.45. The van der Waals surface area contributed by atoms with Gasteiger partial charge in [-0.15, -0.1) is 0 Å². The first-order valence-corrected chi connectivity index (χ1v) is 15.4. The van der Waals surface area contributed by atoms with Crippen LogP contribution in [-0.4, -0.2) is 52.4 Å². The lowest BCUT2D eigenvalue weighted by Crippen LogP contribution is -2.41. The van der Waals surface area contributed by atoms with Crippen molar-refractivity contribution in [2.75, 3.05) is 13.1 Å². The van der Waals surface area contributed by atoms with Crippen molar-refractivity contribution in [1.82, 2.24) is 15.1 Å². The Bertz CT molecular complexity index is 1800. The molecule has 1 aromatic heterocycles. The highest BCUT2D eigenvalue weighted by molar-refractivity contribution is 6.62. The summed E-state index contributed by atoms with van der Waals surface area (Å²) in [4.78, 5) is 27.6. The van der Waals surface area contributed by atoms with Crippen LogP contribution in [-0.2, 0) is 15.7 Å². The van der Waals surface area contributed by atoms with Crippen molar-refractivity contribution in [3.63, 3.8) is 0 Å². The van der Waals surface area contributed by atoms with E-state index in [1.54, 1.807) is 18.2 Å². The molecule has 3 heterocycles. The van der Waals surface area contributed by atoms with E-state index in [-0.39, 0.29) is 40.8 Å². The average molecular weight is 594 g/mol. The number of hydrogen-bond acceptors (Lipinski definition) is 5. The molecule has 1 N–H and O–H groups in total. The van der Waals surface area contributed by atoms with Gasteiger partial charge in [0.15, 0.2) is 0 Å². The van der Waals surface area contributed by atoms with Gasteiger partial charge in [0.05, 0.1) is 27.8 Å². The molecule has 3 aliphatic rings. The van der Waals surface area contributed by atoms with Crippen LogP contribution in [0.4, 0.5) is 4.39 Å². The Labute approximate surface area is 256 Å². The third-order valence-corrected chi connectivity index (χ3v) is 10.4. The fourth-order valence-corrected chi connectivity index (χ4v) is 7.08. The number of carbonyl (C=O) groups is 1. The molecule has 0 atom stereocenters. The lowest BCUT2D eigenvalue weighted by molar-refractivity contribution is 0.00578. The van der Waals surface area contributed by atoms with Gasteiger partial charge in [0.2, 0.25) is 0 Å². The van der Waals surface area contributed by atoms with E-state index in [0.29, 0.717) is 36.5 Å². The zero-order valence-corrected chi connectivity index (χ0v) is 25.7. The lowest BCUT2D eigenvalue weighted by atomic mass is 9.59. The van der Waals surface area contributed by atoms with Crippen molar-refractivity contribution in [1.29, 1.82) is 0 Å². The number of H-pyrrole nitrogens is 1. The SMILES string of the molecule is CC1(C)OB(c2ccc(C3CC4(CCN(C(=O)c5cc(Cc6n[nH]c(=O)c7ccccc67)ccc5F)C4)C3)cc2)OC1(C)C. The molecule has 226 valence electrons. The number of halogens is 1. The van der Waals surface area contributed by atoms with E-state index in [1.165, 1.54) is 11.6 Å². The zero-order chi connectivity index (χ0) is 30.9. The zero-order valence-electron chi connectivity index (χ0n) is 25.7. The molecule has 7 nitrogen and oxygen atoms in total. The van der Waals surface area contributed by atoms with Crippen LogP contribution < -0.4 is 11.0 Å². The molecule has 0 unspecified atom stereocenters. The standard InChI is InChI=1S/C35H37BFN3O4/c1-33(2)34(3,4)44-36(43-33)25-12-10-23(11-13-25)24-19-35(20-24)15-16-40(21-35)32(42)28-17-22(9-14-29(28)37)18-30-26-7-5-6-8-27(26)31(41)39-38-30/h5-14,17,24H,15-16,18-21H2,1-4H3,(H,39,41). The van der Waals surface area contributed by atoms with Gasteiger partial charge in [-0.05, 0) is 93.1 Å². The van der Waals surface area contributed by atoms with E-state index in [2.05, 4.69) is 62.2 Å². The van der Waals surface area contributed by atoms with Gasteiger partial charge in [0.1, 0.15) is 5.82 Å². The first-order chi connectivity index (χ1) is 20.9. The van der Waals surface area contributed by atoms with Crippen molar-refractivity contribution in [2.45, 2.75) is 70.5 Å². The average Bonchev–Trinajstić information content (AvgIpc) is 3.53. The van der Waals surface area contributed by atoms with E-state index in [1.807, 2.05) is 23.1 Å². The minimum atomic E-state index is -0.521. The quantitative estimate of drug-likeness (QED) is 0.315. The summed E-state index contributed by atoms with van der Waals surface area (Å²) in [5, 5.41) is 8.09. The number of benzene rings is 3. The molecule has 1 spiro atoms. The number of aromatic amines is 1. The number of hydrogen-bond donors (Lipinski definition) is 1. The van der Waals surface area contributed by atoms with Gasteiger partial charge in [-0.3, -0.25) is 9.59 Å². The van der Waals surface area contributed by atoms with Crippen LogP contribution in [0.15, 0.2) is 71.5 Å². The Balaban J connectivity index is 1.00. The normalized spacial score (nSPS) is 23.8. The van der Waals surface area contributed by atoms with Crippen molar-refractivity contribution in [2.24, 2.45) is 5.41 Å². The second-order valence-electron chi connectivity index (χ2n) is 13.9. The summed E-state index contributed by atoms with van der Waals surface area (Å²) in [5.74, 6) is -0.347. The third kappa shape index (κ3) is 4.96. The number of aromatic nitrogens is 2. The monoisotopic (exact) mass is 593 g/mol. The number of likely N-dealkylation sites (tertiary alicyclic amines) is 1. The van der Waals surface area contributed by atoms with Crippen molar-refractivity contribution < 1.29 is 18.5 Å². The Hall–Kier alpha value is -3.82. The fourth-order valence-electron chi connectivity index (χ4n) is 7.08. The van der Waals surface area contributed by atoms with Gasteiger partial charge in [-0.1, -0.05) is 48.5 Å². The summed E-state index contributed by atoms with van der Waals surface area (Å²) in [7, 11) is -0.373. The molecule has 1 saturated carbocycles. The minimum Gasteiger partial charge on any atom is -0.399 e. The summed E-state index contributed by atoms with van der Waals surface area (Å²) < 4.78 is 27.4. The number of nitrogens with one attached hydrogen (secondary N) is 1. The third-order valence-electron chi connectivity index (χ3n) is 10.4. The first-order valence-electron chi connectivity index (χ1n) is 15.4. The van der Waals surface area contributed by atoms with Gasteiger partial charge in [0, 0.05) is 24.9 Å². The summed E-state index contributed by atoms with van der Waals surface area (Å²) >= 11 is 0. The topological polar surface area (TPSA) is 84.5 Å².